The number of amides is 1. The van der Waals surface area contributed by atoms with Gasteiger partial charge in [0.2, 0.25) is 0 Å². The van der Waals surface area contributed by atoms with E-state index in [9.17, 15) is 19.5 Å². The highest BCUT2D eigenvalue weighted by atomic mass is 35.5. The molecular formula is C20H18ClNO5. The maximum atomic E-state index is 12.9. The summed E-state index contributed by atoms with van der Waals surface area (Å²) >= 11 is 5.83. The second kappa shape index (κ2) is 7.50. The number of ketones is 1. The Kier molecular flexibility index (Phi) is 5.30. The van der Waals surface area contributed by atoms with Crippen LogP contribution in [-0.4, -0.2) is 35.9 Å². The highest BCUT2D eigenvalue weighted by Crippen LogP contribution is 2.42. The second-order valence-electron chi connectivity index (χ2n) is 6.18. The molecule has 1 amide bonds. The van der Waals surface area contributed by atoms with Crippen molar-refractivity contribution in [3.63, 3.8) is 0 Å². The molecule has 0 bridgehead atoms. The Balaban J connectivity index is 1.92. The molecule has 3 rings (SSSR count). The van der Waals surface area contributed by atoms with Crippen molar-refractivity contribution < 1.29 is 24.2 Å². The lowest BCUT2D eigenvalue weighted by molar-refractivity contribution is -0.144. The summed E-state index contributed by atoms with van der Waals surface area (Å²) in [6, 6.07) is 12.8. The van der Waals surface area contributed by atoms with Crippen LogP contribution in [0.15, 0.2) is 48.5 Å². The van der Waals surface area contributed by atoms with E-state index in [1.54, 1.807) is 43.3 Å². The number of nitrogens with zero attached hydrogens (tertiary/aromatic N) is 1. The zero-order valence-corrected chi connectivity index (χ0v) is 15.4. The Hall–Kier alpha value is -2.70. The molecule has 0 aromatic heterocycles. The van der Waals surface area contributed by atoms with Crippen LogP contribution in [0.1, 0.15) is 29.3 Å². The number of ether oxygens (including phenoxy) is 1. The van der Waals surface area contributed by atoms with Gasteiger partial charge in [-0.25, -0.2) is 0 Å². The third kappa shape index (κ3) is 3.59. The number of rotatable bonds is 6. The van der Waals surface area contributed by atoms with E-state index in [2.05, 4.69) is 0 Å². The maximum absolute atomic E-state index is 12.9. The lowest BCUT2D eigenvalue weighted by Crippen LogP contribution is -2.44. The predicted octanol–water partition coefficient (Wildman–Crippen LogP) is 2.71. The number of aliphatic hydroxyl groups is 1. The monoisotopic (exact) mass is 387 g/mol. The number of halogens is 1. The minimum Gasteiger partial charge on any atom is -0.465 e. The molecular weight excluding hydrogens is 370 g/mol. The van der Waals surface area contributed by atoms with Gasteiger partial charge >= 0.3 is 5.97 Å². The van der Waals surface area contributed by atoms with Crippen LogP contribution >= 0.6 is 11.6 Å². The molecule has 0 unspecified atom stereocenters. The number of fused-ring (bicyclic) bond motifs is 1. The van der Waals surface area contributed by atoms with Crippen molar-refractivity contribution in [3.05, 3.63) is 64.7 Å². The molecule has 0 radical (unpaired) electrons. The second-order valence-corrected chi connectivity index (χ2v) is 6.62. The lowest BCUT2D eigenvalue weighted by atomic mass is 9.88. The maximum Gasteiger partial charge on any atom is 0.326 e. The summed E-state index contributed by atoms with van der Waals surface area (Å²) in [6.07, 6.45) is -0.441. The van der Waals surface area contributed by atoms with Crippen molar-refractivity contribution >= 4 is 34.9 Å². The average molecular weight is 388 g/mol. The van der Waals surface area contributed by atoms with Gasteiger partial charge in [0.1, 0.15) is 6.54 Å². The first-order valence-electron chi connectivity index (χ1n) is 8.45. The largest absolute Gasteiger partial charge is 0.465 e. The first-order chi connectivity index (χ1) is 12.9. The summed E-state index contributed by atoms with van der Waals surface area (Å²) < 4.78 is 4.90. The van der Waals surface area contributed by atoms with E-state index in [4.69, 9.17) is 16.3 Å². The fourth-order valence-electron chi connectivity index (χ4n) is 3.14. The molecule has 1 aliphatic rings. The van der Waals surface area contributed by atoms with Gasteiger partial charge in [-0.05, 0) is 37.3 Å². The number of anilines is 1. The van der Waals surface area contributed by atoms with Gasteiger partial charge in [0.15, 0.2) is 11.4 Å². The summed E-state index contributed by atoms with van der Waals surface area (Å²) in [5.41, 5.74) is -1.02. The Morgan fingerprint density at radius 2 is 1.81 bits per heavy atom. The van der Waals surface area contributed by atoms with Crippen LogP contribution in [0.5, 0.6) is 0 Å². The molecule has 27 heavy (non-hydrogen) atoms. The number of esters is 1. The summed E-state index contributed by atoms with van der Waals surface area (Å²) in [5, 5.41) is 11.6. The fraction of sp³-hybridized carbons (Fsp3) is 0.250. The van der Waals surface area contributed by atoms with E-state index in [0.717, 1.165) is 4.90 Å². The SMILES string of the molecule is CCOC(=O)CN1C(=O)[C@](O)(CC(=O)c2ccc(Cl)cc2)c2ccccc21. The molecule has 0 spiro atoms. The molecule has 2 aromatic carbocycles. The number of carbonyl (C=O) groups is 3. The quantitative estimate of drug-likeness (QED) is 0.608. The molecule has 1 N–H and O–H groups in total. The van der Waals surface area contributed by atoms with Crippen LogP contribution in [0, 0.1) is 0 Å². The van der Waals surface area contributed by atoms with Gasteiger partial charge in [-0.15, -0.1) is 0 Å². The van der Waals surface area contributed by atoms with Crippen LogP contribution in [0.4, 0.5) is 5.69 Å². The van der Waals surface area contributed by atoms with Crippen molar-refractivity contribution in [2.75, 3.05) is 18.1 Å². The highest BCUT2D eigenvalue weighted by Gasteiger charge is 2.51. The van der Waals surface area contributed by atoms with Gasteiger partial charge in [0, 0.05) is 16.1 Å². The Morgan fingerprint density at radius 1 is 1.15 bits per heavy atom. The first kappa shape index (κ1) is 19.1. The average Bonchev–Trinajstić information content (AvgIpc) is 2.85. The van der Waals surface area contributed by atoms with Crippen LogP contribution in [0.3, 0.4) is 0 Å². The smallest absolute Gasteiger partial charge is 0.326 e. The summed E-state index contributed by atoms with van der Waals surface area (Å²) in [7, 11) is 0. The molecule has 1 aliphatic heterocycles. The van der Waals surface area contributed by atoms with E-state index < -0.39 is 29.7 Å². The van der Waals surface area contributed by atoms with Crippen LogP contribution in [0.25, 0.3) is 0 Å². The predicted molar refractivity (Wildman–Crippen MR) is 99.7 cm³/mol. The summed E-state index contributed by atoms with van der Waals surface area (Å²) in [6.45, 7) is 1.52. The van der Waals surface area contributed by atoms with Crippen LogP contribution in [0.2, 0.25) is 5.02 Å². The lowest BCUT2D eigenvalue weighted by Gasteiger charge is -2.22. The number of hydrogen-bond donors (Lipinski definition) is 1. The number of hydrogen-bond acceptors (Lipinski definition) is 5. The molecule has 1 heterocycles. The molecule has 0 aliphatic carbocycles. The molecule has 0 saturated heterocycles. The fourth-order valence-corrected chi connectivity index (χ4v) is 3.27. The molecule has 7 heteroatoms. The first-order valence-corrected chi connectivity index (χ1v) is 8.83. The van der Waals surface area contributed by atoms with E-state index in [-0.39, 0.29) is 13.2 Å². The van der Waals surface area contributed by atoms with Crippen molar-refractivity contribution in [2.45, 2.75) is 18.9 Å². The van der Waals surface area contributed by atoms with E-state index >= 15 is 0 Å². The molecule has 2 aromatic rings. The third-order valence-electron chi connectivity index (χ3n) is 4.41. The standard InChI is InChI=1S/C20H18ClNO5/c1-2-27-18(24)12-22-16-6-4-3-5-15(16)20(26,19(22)25)11-17(23)13-7-9-14(21)10-8-13/h3-10,26H,2,11-12H2,1H3/t20-/m0/s1. The molecule has 0 saturated carbocycles. The van der Waals surface area contributed by atoms with Gasteiger partial charge in [-0.1, -0.05) is 29.8 Å². The summed E-state index contributed by atoms with van der Waals surface area (Å²) in [5.74, 6) is -1.72. The van der Waals surface area contributed by atoms with Gasteiger partial charge < -0.3 is 9.84 Å². The number of Topliss-reactive ketones (excluding diaryl/α,β-unsaturated/α-hetero) is 1. The van der Waals surface area contributed by atoms with Crippen LogP contribution in [-0.2, 0) is 19.9 Å². The molecule has 140 valence electrons. The Bertz CT molecular complexity index is 896. The molecule has 0 fully saturated rings. The molecule has 6 nitrogen and oxygen atoms in total. The normalized spacial score (nSPS) is 18.3. The third-order valence-corrected chi connectivity index (χ3v) is 4.67. The number of para-hydroxylation sites is 1. The van der Waals surface area contributed by atoms with Crippen molar-refractivity contribution in [1.82, 2.24) is 0 Å². The van der Waals surface area contributed by atoms with E-state index in [1.807, 2.05) is 0 Å². The van der Waals surface area contributed by atoms with E-state index in [1.165, 1.54) is 12.1 Å². The van der Waals surface area contributed by atoms with Gasteiger partial charge in [0.25, 0.3) is 5.91 Å². The Morgan fingerprint density at radius 3 is 2.48 bits per heavy atom. The minimum atomic E-state index is -2.04. The minimum absolute atomic E-state index is 0.182. The zero-order chi connectivity index (χ0) is 19.6. The van der Waals surface area contributed by atoms with Gasteiger partial charge in [-0.2, -0.15) is 0 Å². The van der Waals surface area contributed by atoms with E-state index in [0.29, 0.717) is 21.8 Å². The zero-order valence-electron chi connectivity index (χ0n) is 14.6. The topological polar surface area (TPSA) is 83.9 Å². The van der Waals surface area contributed by atoms with Crippen molar-refractivity contribution in [2.24, 2.45) is 0 Å². The number of carbonyl (C=O) groups excluding carboxylic acids is 3. The van der Waals surface area contributed by atoms with Gasteiger partial charge in [-0.3, -0.25) is 19.3 Å². The Labute approximate surface area is 161 Å². The van der Waals surface area contributed by atoms with Gasteiger partial charge in [0.05, 0.1) is 18.7 Å². The number of benzene rings is 2. The van der Waals surface area contributed by atoms with Crippen molar-refractivity contribution in [1.29, 1.82) is 0 Å². The van der Waals surface area contributed by atoms with Crippen molar-refractivity contribution in [3.8, 4) is 0 Å². The highest BCUT2D eigenvalue weighted by molar-refractivity contribution is 6.30. The van der Waals surface area contributed by atoms with Crippen LogP contribution < -0.4 is 4.90 Å². The summed E-state index contributed by atoms with van der Waals surface area (Å²) in [4.78, 5) is 38.6. The molecule has 1 atom stereocenters.